The fourth-order valence-corrected chi connectivity index (χ4v) is 2.86. The Labute approximate surface area is 140 Å². The summed E-state index contributed by atoms with van der Waals surface area (Å²) in [5.41, 5.74) is 3.05. The number of allylic oxidation sites excluding steroid dienone is 1. The van der Waals surface area contributed by atoms with Crippen LogP contribution < -0.4 is 10.9 Å². The summed E-state index contributed by atoms with van der Waals surface area (Å²) in [6.45, 7) is 0. The molecular formula is C18H11BrN2O2. The summed E-state index contributed by atoms with van der Waals surface area (Å²) >= 11 is 3.43. The van der Waals surface area contributed by atoms with Gasteiger partial charge in [0.2, 0.25) is 0 Å². The number of fused-ring (bicyclic) bond motifs is 2. The van der Waals surface area contributed by atoms with Gasteiger partial charge < -0.3 is 9.73 Å². The van der Waals surface area contributed by atoms with Crippen LogP contribution in [0.25, 0.3) is 16.5 Å². The molecule has 0 radical (unpaired) electrons. The zero-order valence-corrected chi connectivity index (χ0v) is 13.5. The normalized spacial score (nSPS) is 13.2. The van der Waals surface area contributed by atoms with Crippen LogP contribution in [0.15, 0.2) is 73.4 Å². The highest BCUT2D eigenvalue weighted by Crippen LogP contribution is 2.28. The SMILES string of the molecule is O=c1oc2ccc(Br)cc2cc1C1=CNc2ccccc2N=C1. The fourth-order valence-electron chi connectivity index (χ4n) is 2.48. The van der Waals surface area contributed by atoms with Crippen molar-refractivity contribution in [1.29, 1.82) is 0 Å². The molecule has 1 aliphatic rings. The Morgan fingerprint density at radius 2 is 1.96 bits per heavy atom. The van der Waals surface area contributed by atoms with Gasteiger partial charge in [0.25, 0.3) is 0 Å². The quantitative estimate of drug-likeness (QED) is 0.633. The largest absolute Gasteiger partial charge is 0.422 e. The Morgan fingerprint density at radius 3 is 2.87 bits per heavy atom. The van der Waals surface area contributed by atoms with Crippen LogP contribution in [0.3, 0.4) is 0 Å². The van der Waals surface area contributed by atoms with Crippen molar-refractivity contribution in [2.45, 2.75) is 0 Å². The van der Waals surface area contributed by atoms with Gasteiger partial charge in [-0.05, 0) is 36.4 Å². The number of nitrogens with one attached hydrogen (secondary N) is 1. The minimum atomic E-state index is -0.384. The van der Waals surface area contributed by atoms with E-state index >= 15 is 0 Å². The molecule has 0 aliphatic carbocycles. The lowest BCUT2D eigenvalue weighted by Gasteiger charge is -2.04. The lowest BCUT2D eigenvalue weighted by molar-refractivity contribution is 0.559. The highest BCUT2D eigenvalue weighted by Gasteiger charge is 2.12. The standard InChI is InChI=1S/C18H11BrN2O2/c19-13-5-6-17-11(7-13)8-14(18(22)23-17)12-9-20-15-3-1-2-4-16(15)21-10-12/h1-10,20H. The van der Waals surface area contributed by atoms with Crippen molar-refractivity contribution in [2.75, 3.05) is 5.32 Å². The molecule has 2 aromatic carbocycles. The topological polar surface area (TPSA) is 54.6 Å². The van der Waals surface area contributed by atoms with E-state index in [9.17, 15) is 4.79 Å². The first-order chi connectivity index (χ1) is 11.2. The average Bonchev–Trinajstić information content (AvgIpc) is 2.77. The van der Waals surface area contributed by atoms with Crippen LogP contribution in [0, 0.1) is 0 Å². The molecule has 0 unspecified atom stereocenters. The summed E-state index contributed by atoms with van der Waals surface area (Å²) < 4.78 is 6.34. The van der Waals surface area contributed by atoms with Crippen molar-refractivity contribution >= 4 is 50.1 Å². The van der Waals surface area contributed by atoms with Gasteiger partial charge in [-0.1, -0.05) is 28.1 Å². The van der Waals surface area contributed by atoms with E-state index in [1.54, 1.807) is 18.5 Å². The minimum absolute atomic E-state index is 0.384. The van der Waals surface area contributed by atoms with Crippen LogP contribution in [-0.2, 0) is 0 Å². The van der Waals surface area contributed by atoms with Crippen molar-refractivity contribution in [3.63, 3.8) is 0 Å². The highest BCUT2D eigenvalue weighted by molar-refractivity contribution is 9.10. The van der Waals surface area contributed by atoms with Crippen molar-refractivity contribution in [1.82, 2.24) is 0 Å². The third-order valence-corrected chi connectivity index (χ3v) is 4.13. The predicted octanol–water partition coefficient (Wildman–Crippen LogP) is 4.72. The van der Waals surface area contributed by atoms with Crippen LogP contribution in [0.5, 0.6) is 0 Å². The number of nitrogens with zero attached hydrogens (tertiary/aromatic N) is 1. The van der Waals surface area contributed by atoms with Gasteiger partial charge in [0.05, 0.1) is 16.9 Å². The molecular weight excluding hydrogens is 356 g/mol. The number of benzene rings is 2. The number of hydrogen-bond acceptors (Lipinski definition) is 4. The Hall–Kier alpha value is -2.66. The number of para-hydroxylation sites is 2. The van der Waals surface area contributed by atoms with Crippen LogP contribution in [0.1, 0.15) is 5.56 Å². The van der Waals surface area contributed by atoms with Crippen molar-refractivity contribution in [3.05, 3.63) is 75.2 Å². The van der Waals surface area contributed by atoms with Gasteiger partial charge in [0.1, 0.15) is 5.58 Å². The van der Waals surface area contributed by atoms with Crippen LogP contribution in [0.4, 0.5) is 11.4 Å². The minimum Gasteiger partial charge on any atom is -0.422 e. The molecule has 2 heterocycles. The van der Waals surface area contributed by atoms with Gasteiger partial charge in [-0.2, -0.15) is 0 Å². The molecule has 4 rings (SSSR count). The molecule has 0 bridgehead atoms. The molecule has 1 aromatic heterocycles. The Kier molecular flexibility index (Phi) is 3.35. The summed E-state index contributed by atoms with van der Waals surface area (Å²) in [6.07, 6.45) is 3.44. The van der Waals surface area contributed by atoms with E-state index in [0.717, 1.165) is 21.2 Å². The van der Waals surface area contributed by atoms with Gasteiger partial charge in [0, 0.05) is 27.8 Å². The Bertz CT molecular complexity index is 1030. The molecule has 0 saturated carbocycles. The summed E-state index contributed by atoms with van der Waals surface area (Å²) in [5, 5.41) is 4.04. The highest BCUT2D eigenvalue weighted by atomic mass is 79.9. The molecule has 1 N–H and O–H groups in total. The molecule has 3 aromatic rings. The molecule has 5 heteroatoms. The first-order valence-corrected chi connectivity index (χ1v) is 7.83. The molecule has 0 amide bonds. The van der Waals surface area contributed by atoms with Crippen molar-refractivity contribution in [3.8, 4) is 0 Å². The predicted molar refractivity (Wildman–Crippen MR) is 96.4 cm³/mol. The summed E-state index contributed by atoms with van der Waals surface area (Å²) in [5.74, 6) is 0. The molecule has 1 aliphatic heterocycles. The number of halogens is 1. The molecule has 0 fully saturated rings. The first-order valence-electron chi connectivity index (χ1n) is 7.04. The Balaban J connectivity index is 1.85. The maximum absolute atomic E-state index is 12.3. The van der Waals surface area contributed by atoms with E-state index in [0.29, 0.717) is 16.7 Å². The van der Waals surface area contributed by atoms with Gasteiger partial charge in [0.15, 0.2) is 0 Å². The van der Waals surface area contributed by atoms with Crippen LogP contribution >= 0.6 is 15.9 Å². The lowest BCUT2D eigenvalue weighted by Crippen LogP contribution is -2.07. The second kappa shape index (κ2) is 5.52. The number of anilines is 1. The summed E-state index contributed by atoms with van der Waals surface area (Å²) in [7, 11) is 0. The van der Waals surface area contributed by atoms with Crippen molar-refractivity contribution < 1.29 is 4.42 Å². The van der Waals surface area contributed by atoms with E-state index in [1.807, 2.05) is 42.5 Å². The molecule has 0 atom stereocenters. The molecule has 112 valence electrons. The molecule has 0 spiro atoms. The molecule has 4 nitrogen and oxygen atoms in total. The van der Waals surface area contributed by atoms with E-state index in [-0.39, 0.29) is 5.63 Å². The zero-order valence-electron chi connectivity index (χ0n) is 11.9. The van der Waals surface area contributed by atoms with Gasteiger partial charge in [-0.25, -0.2) is 4.79 Å². The van der Waals surface area contributed by atoms with E-state index in [1.165, 1.54) is 0 Å². The van der Waals surface area contributed by atoms with E-state index in [4.69, 9.17) is 4.42 Å². The average molecular weight is 367 g/mol. The third kappa shape index (κ3) is 2.59. The van der Waals surface area contributed by atoms with Crippen molar-refractivity contribution in [2.24, 2.45) is 4.99 Å². The maximum Gasteiger partial charge on any atom is 0.344 e. The van der Waals surface area contributed by atoms with Gasteiger partial charge in [-0.3, -0.25) is 4.99 Å². The first kappa shape index (κ1) is 14.0. The summed E-state index contributed by atoms with van der Waals surface area (Å²) in [4.78, 5) is 16.7. The van der Waals surface area contributed by atoms with E-state index in [2.05, 4.69) is 26.2 Å². The fraction of sp³-hybridized carbons (Fsp3) is 0. The van der Waals surface area contributed by atoms with Crippen LogP contribution in [-0.4, -0.2) is 6.21 Å². The van der Waals surface area contributed by atoms with E-state index < -0.39 is 0 Å². The Morgan fingerprint density at radius 1 is 1.09 bits per heavy atom. The third-order valence-electron chi connectivity index (χ3n) is 3.64. The number of aliphatic imine (C=N–C) groups is 1. The zero-order chi connectivity index (χ0) is 15.8. The number of hydrogen-bond donors (Lipinski definition) is 1. The van der Waals surface area contributed by atoms with Gasteiger partial charge >= 0.3 is 5.63 Å². The maximum atomic E-state index is 12.3. The van der Waals surface area contributed by atoms with Crippen LogP contribution in [0.2, 0.25) is 0 Å². The monoisotopic (exact) mass is 366 g/mol. The lowest BCUT2D eigenvalue weighted by atomic mass is 10.1. The second-order valence-electron chi connectivity index (χ2n) is 5.15. The molecule has 0 saturated heterocycles. The van der Waals surface area contributed by atoms with Gasteiger partial charge in [-0.15, -0.1) is 0 Å². The molecule has 23 heavy (non-hydrogen) atoms. The summed E-state index contributed by atoms with van der Waals surface area (Å²) in [6, 6.07) is 15.1. The number of rotatable bonds is 1. The smallest absolute Gasteiger partial charge is 0.344 e. The second-order valence-corrected chi connectivity index (χ2v) is 6.06.